The van der Waals surface area contributed by atoms with E-state index in [-0.39, 0.29) is 17.5 Å². The van der Waals surface area contributed by atoms with Crippen LogP contribution < -0.4 is 22.1 Å². The fraction of sp³-hybridized carbons (Fsp3) is 0. The van der Waals surface area contributed by atoms with E-state index >= 15 is 0 Å². The fourth-order valence-corrected chi connectivity index (χ4v) is 2.56. The van der Waals surface area contributed by atoms with Crippen molar-refractivity contribution in [1.29, 1.82) is 0 Å². The quantitative estimate of drug-likeness (QED) is 0.214. The maximum Gasteiger partial charge on any atom is 0.250 e. The predicted molar refractivity (Wildman–Crippen MR) is 123 cm³/mol. The molecule has 0 aliphatic carbocycles. The lowest BCUT2D eigenvalue weighted by Crippen LogP contribution is -2.42. The van der Waals surface area contributed by atoms with Crippen LogP contribution in [-0.2, 0) is 9.59 Å². The second kappa shape index (κ2) is 11.6. The van der Waals surface area contributed by atoms with Crippen molar-refractivity contribution in [1.82, 2.24) is 10.6 Å². The minimum absolute atomic E-state index is 0.183. The van der Waals surface area contributed by atoms with Gasteiger partial charge in [-0.25, -0.2) is 4.39 Å². The van der Waals surface area contributed by atoms with Gasteiger partial charge >= 0.3 is 0 Å². The highest BCUT2D eigenvalue weighted by molar-refractivity contribution is 9.10. The molecule has 0 bridgehead atoms. The van der Waals surface area contributed by atoms with Crippen LogP contribution in [0.15, 0.2) is 69.3 Å². The number of hydrogen-bond acceptors (Lipinski definition) is 4. The number of nitrogens with zero attached hydrogens (tertiary/aromatic N) is 2. The molecular weight excluding hydrogens is 491 g/mol. The van der Waals surface area contributed by atoms with Crippen LogP contribution in [0, 0.1) is 5.82 Å². The Balaban J connectivity index is 2.08. The molecule has 0 heterocycles. The molecule has 0 aliphatic rings. The summed E-state index contributed by atoms with van der Waals surface area (Å²) in [5, 5.41) is 12.2. The van der Waals surface area contributed by atoms with Crippen LogP contribution in [0.25, 0.3) is 12.2 Å². The van der Waals surface area contributed by atoms with Gasteiger partial charge in [-0.15, -0.1) is 10.2 Å². The Kier molecular flexibility index (Phi) is 8.92. The van der Waals surface area contributed by atoms with Crippen molar-refractivity contribution in [3.05, 3.63) is 81.1 Å². The summed E-state index contributed by atoms with van der Waals surface area (Å²) in [4.78, 5) is 24.3. The third-order valence-electron chi connectivity index (χ3n) is 3.42. The minimum Gasteiger partial charge on any atom is -0.369 e. The minimum atomic E-state index is -0.703. The Labute approximate surface area is 190 Å². The molecule has 11 heteroatoms. The molecule has 0 aromatic heterocycles. The Morgan fingerprint density at radius 2 is 1.58 bits per heavy atom. The highest BCUT2D eigenvalue weighted by Gasteiger charge is 2.07. The topological polar surface area (TPSA) is 135 Å². The number of nitrogens with one attached hydrogen (secondary N) is 2. The highest BCUT2D eigenvalue weighted by Crippen LogP contribution is 2.16. The van der Waals surface area contributed by atoms with Crippen LogP contribution in [0.5, 0.6) is 0 Å². The van der Waals surface area contributed by atoms with Gasteiger partial charge in [-0.2, -0.15) is 0 Å². The van der Waals surface area contributed by atoms with Crippen molar-refractivity contribution >= 4 is 63.4 Å². The summed E-state index contributed by atoms with van der Waals surface area (Å²) in [6.07, 6.45) is 5.07. The number of carbonyl (C=O) groups is 2. The van der Waals surface area contributed by atoms with Crippen molar-refractivity contribution in [2.24, 2.45) is 21.7 Å². The van der Waals surface area contributed by atoms with Crippen molar-refractivity contribution in [3.63, 3.8) is 0 Å². The molecule has 31 heavy (non-hydrogen) atoms. The molecule has 2 aromatic rings. The zero-order valence-corrected chi connectivity index (χ0v) is 18.2. The van der Waals surface area contributed by atoms with Gasteiger partial charge in [0.05, 0.1) is 0 Å². The molecule has 0 saturated heterocycles. The largest absolute Gasteiger partial charge is 0.369 e. The van der Waals surface area contributed by atoms with Crippen LogP contribution >= 0.6 is 27.5 Å². The molecule has 0 aliphatic heterocycles. The molecule has 2 rings (SSSR count). The van der Waals surface area contributed by atoms with E-state index in [4.69, 9.17) is 23.1 Å². The van der Waals surface area contributed by atoms with Crippen molar-refractivity contribution < 1.29 is 14.0 Å². The number of hydrogen-bond donors (Lipinski definition) is 4. The standard InChI is InChI=1S/C20H17BrClFN6O2/c21-14-5-8-16(23)13(11-14)4-10-18(31)27-20(29-28-19(24)25)26-17(30)9-3-12-1-6-15(22)7-2-12/h1-11H,(H4,24,25,28)(H2,26,27,29,30,31). The Hall–Kier alpha value is -3.50. The maximum atomic E-state index is 13.8. The van der Waals surface area contributed by atoms with E-state index in [9.17, 15) is 14.0 Å². The molecule has 2 amide bonds. The fourth-order valence-electron chi connectivity index (χ4n) is 2.06. The van der Waals surface area contributed by atoms with Gasteiger partial charge in [0, 0.05) is 27.2 Å². The van der Waals surface area contributed by atoms with Crippen LogP contribution in [-0.4, -0.2) is 23.7 Å². The van der Waals surface area contributed by atoms with Gasteiger partial charge < -0.3 is 11.5 Å². The second-order valence-electron chi connectivity index (χ2n) is 5.84. The lowest BCUT2D eigenvalue weighted by Gasteiger charge is -2.06. The Bertz CT molecular complexity index is 1080. The summed E-state index contributed by atoms with van der Waals surface area (Å²) in [6.45, 7) is 0. The van der Waals surface area contributed by atoms with E-state index in [1.165, 1.54) is 36.4 Å². The SMILES string of the molecule is NC(N)=NN=C(NC(=O)C=Cc1ccc(Cl)cc1)NC(=O)C=Cc1cc(Br)ccc1F. The number of guanidine groups is 2. The summed E-state index contributed by atoms with van der Waals surface area (Å²) in [5.41, 5.74) is 11.4. The average molecular weight is 508 g/mol. The van der Waals surface area contributed by atoms with Gasteiger partial charge in [0.1, 0.15) is 5.82 Å². The molecule has 0 unspecified atom stereocenters. The second-order valence-corrected chi connectivity index (χ2v) is 7.19. The van der Waals surface area contributed by atoms with E-state index < -0.39 is 17.6 Å². The maximum absolute atomic E-state index is 13.8. The van der Waals surface area contributed by atoms with Crippen LogP contribution in [0.1, 0.15) is 11.1 Å². The lowest BCUT2D eigenvalue weighted by atomic mass is 10.2. The first-order valence-corrected chi connectivity index (χ1v) is 9.75. The first-order chi connectivity index (χ1) is 14.7. The van der Waals surface area contributed by atoms with Gasteiger partial charge in [0.15, 0.2) is 0 Å². The van der Waals surface area contributed by atoms with Crippen LogP contribution in [0.4, 0.5) is 4.39 Å². The normalized spacial score (nSPS) is 11.5. The molecule has 2 aromatic carbocycles. The van der Waals surface area contributed by atoms with E-state index in [0.717, 1.165) is 11.6 Å². The number of rotatable bonds is 5. The molecular formula is C20H17BrClFN6O2. The molecule has 0 spiro atoms. The first kappa shape index (κ1) is 23.8. The third-order valence-corrected chi connectivity index (χ3v) is 4.16. The lowest BCUT2D eigenvalue weighted by molar-refractivity contribution is -0.115. The predicted octanol–water partition coefficient (Wildman–Crippen LogP) is 2.75. The Morgan fingerprint density at radius 3 is 2.19 bits per heavy atom. The molecule has 0 saturated carbocycles. The van der Waals surface area contributed by atoms with E-state index in [1.807, 2.05) is 0 Å². The summed E-state index contributed by atoms with van der Waals surface area (Å²) in [6, 6.07) is 11.1. The number of nitrogens with two attached hydrogens (primary N) is 2. The van der Waals surface area contributed by atoms with Gasteiger partial charge in [0.25, 0.3) is 11.8 Å². The number of amides is 2. The molecule has 6 N–H and O–H groups in total. The monoisotopic (exact) mass is 506 g/mol. The van der Waals surface area contributed by atoms with E-state index in [1.54, 1.807) is 24.3 Å². The van der Waals surface area contributed by atoms with Crippen molar-refractivity contribution in [2.75, 3.05) is 0 Å². The van der Waals surface area contributed by atoms with Gasteiger partial charge in [0.2, 0.25) is 11.9 Å². The summed E-state index contributed by atoms with van der Waals surface area (Å²) < 4.78 is 14.4. The van der Waals surface area contributed by atoms with E-state index in [0.29, 0.717) is 9.50 Å². The number of carbonyl (C=O) groups excluding carboxylic acids is 2. The van der Waals surface area contributed by atoms with Gasteiger partial charge in [-0.3, -0.25) is 20.2 Å². The van der Waals surface area contributed by atoms with E-state index in [2.05, 4.69) is 36.8 Å². The van der Waals surface area contributed by atoms with Crippen molar-refractivity contribution in [3.8, 4) is 0 Å². The van der Waals surface area contributed by atoms with Gasteiger partial charge in [-0.05, 0) is 48.0 Å². The number of halogens is 3. The summed E-state index contributed by atoms with van der Waals surface area (Å²) >= 11 is 9.03. The smallest absolute Gasteiger partial charge is 0.250 e. The zero-order valence-electron chi connectivity index (χ0n) is 15.9. The van der Waals surface area contributed by atoms with Crippen LogP contribution in [0.3, 0.4) is 0 Å². The molecule has 160 valence electrons. The highest BCUT2D eigenvalue weighted by atomic mass is 79.9. The summed E-state index contributed by atoms with van der Waals surface area (Å²) in [5.74, 6) is -2.54. The average Bonchev–Trinajstić information content (AvgIpc) is 2.72. The molecule has 0 atom stereocenters. The zero-order chi connectivity index (χ0) is 22.8. The first-order valence-electron chi connectivity index (χ1n) is 8.58. The summed E-state index contributed by atoms with van der Waals surface area (Å²) in [7, 11) is 0. The number of benzene rings is 2. The van der Waals surface area contributed by atoms with Crippen molar-refractivity contribution in [2.45, 2.75) is 0 Å². The molecule has 0 radical (unpaired) electrons. The van der Waals surface area contributed by atoms with Crippen LogP contribution in [0.2, 0.25) is 5.02 Å². The molecule has 0 fully saturated rings. The Morgan fingerprint density at radius 1 is 0.968 bits per heavy atom. The molecule has 8 nitrogen and oxygen atoms in total. The van der Waals surface area contributed by atoms with Gasteiger partial charge in [-0.1, -0.05) is 39.7 Å². The third kappa shape index (κ3) is 8.81.